The molecule has 7 nitrogen and oxygen atoms in total. The molecular formula is C14H20N6O. The average molecular weight is 288 g/mol. The van der Waals surface area contributed by atoms with Crippen molar-refractivity contribution in [2.24, 2.45) is 0 Å². The van der Waals surface area contributed by atoms with E-state index in [0.717, 1.165) is 24.5 Å². The lowest BCUT2D eigenvalue weighted by atomic mass is 10.2. The maximum absolute atomic E-state index is 12.0. The first-order chi connectivity index (χ1) is 10.2. The molecule has 0 aromatic carbocycles. The number of amides is 1. The number of rotatable bonds is 7. The standard InChI is InChI=1S/C14H20N6O/c1-3-8-20-14(17-10-18-20)11(2)19-13(21)5-4-12-9-15-6-7-16-12/h6-7,9-11H,3-5,8H2,1-2H3,(H,19,21). The van der Waals surface area contributed by atoms with Gasteiger partial charge in [-0.2, -0.15) is 5.10 Å². The Bertz CT molecular complexity index is 568. The summed E-state index contributed by atoms with van der Waals surface area (Å²) in [6.45, 7) is 4.79. The normalized spacial score (nSPS) is 12.1. The topological polar surface area (TPSA) is 85.6 Å². The Balaban J connectivity index is 1.85. The first kappa shape index (κ1) is 15.1. The highest BCUT2D eigenvalue weighted by Crippen LogP contribution is 2.09. The van der Waals surface area contributed by atoms with Crippen LogP contribution in [0, 0.1) is 0 Å². The zero-order chi connectivity index (χ0) is 15.1. The lowest BCUT2D eigenvalue weighted by Gasteiger charge is -2.14. The van der Waals surface area contributed by atoms with Gasteiger partial charge in [-0.05, 0) is 19.8 Å². The van der Waals surface area contributed by atoms with Gasteiger partial charge in [0.2, 0.25) is 5.91 Å². The summed E-state index contributed by atoms with van der Waals surface area (Å²) < 4.78 is 1.83. The fourth-order valence-electron chi connectivity index (χ4n) is 2.07. The van der Waals surface area contributed by atoms with Crippen molar-refractivity contribution in [2.75, 3.05) is 0 Å². The third-order valence-electron chi connectivity index (χ3n) is 3.07. The maximum Gasteiger partial charge on any atom is 0.220 e. The van der Waals surface area contributed by atoms with Crippen LogP contribution in [0.2, 0.25) is 0 Å². The quantitative estimate of drug-likeness (QED) is 0.829. The lowest BCUT2D eigenvalue weighted by molar-refractivity contribution is -0.121. The van der Waals surface area contributed by atoms with E-state index >= 15 is 0 Å². The molecule has 0 bridgehead atoms. The van der Waals surface area contributed by atoms with E-state index in [-0.39, 0.29) is 11.9 Å². The fraction of sp³-hybridized carbons (Fsp3) is 0.500. The van der Waals surface area contributed by atoms with Gasteiger partial charge < -0.3 is 5.32 Å². The number of hydrogen-bond donors (Lipinski definition) is 1. The molecule has 2 aromatic rings. The Kier molecular flexibility index (Phi) is 5.36. The van der Waals surface area contributed by atoms with Gasteiger partial charge in [0, 0.05) is 31.6 Å². The number of carbonyl (C=O) groups excluding carboxylic acids is 1. The number of nitrogens with zero attached hydrogens (tertiary/aromatic N) is 5. The Morgan fingerprint density at radius 3 is 2.95 bits per heavy atom. The molecule has 1 unspecified atom stereocenters. The maximum atomic E-state index is 12.0. The Morgan fingerprint density at radius 1 is 1.38 bits per heavy atom. The van der Waals surface area contributed by atoms with Crippen molar-refractivity contribution in [1.29, 1.82) is 0 Å². The molecule has 0 aliphatic carbocycles. The van der Waals surface area contributed by atoms with Gasteiger partial charge in [0.15, 0.2) is 0 Å². The van der Waals surface area contributed by atoms with E-state index in [2.05, 4.69) is 32.3 Å². The van der Waals surface area contributed by atoms with Crippen LogP contribution in [0.4, 0.5) is 0 Å². The molecule has 7 heteroatoms. The van der Waals surface area contributed by atoms with Crippen LogP contribution in [-0.2, 0) is 17.8 Å². The second-order valence-electron chi connectivity index (χ2n) is 4.83. The number of aryl methyl sites for hydroxylation is 2. The van der Waals surface area contributed by atoms with Crippen LogP contribution in [0.15, 0.2) is 24.9 Å². The summed E-state index contributed by atoms with van der Waals surface area (Å²) in [6, 6.07) is -0.159. The van der Waals surface area contributed by atoms with E-state index in [4.69, 9.17) is 0 Å². The van der Waals surface area contributed by atoms with Gasteiger partial charge in [0.05, 0.1) is 11.7 Å². The van der Waals surface area contributed by atoms with Crippen molar-refractivity contribution in [3.8, 4) is 0 Å². The van der Waals surface area contributed by atoms with Gasteiger partial charge >= 0.3 is 0 Å². The monoisotopic (exact) mass is 288 g/mol. The first-order valence-corrected chi connectivity index (χ1v) is 7.12. The smallest absolute Gasteiger partial charge is 0.220 e. The summed E-state index contributed by atoms with van der Waals surface area (Å²) in [5.41, 5.74) is 0.814. The van der Waals surface area contributed by atoms with Crippen molar-refractivity contribution < 1.29 is 4.79 Å². The first-order valence-electron chi connectivity index (χ1n) is 7.12. The number of aromatic nitrogens is 5. The fourth-order valence-corrected chi connectivity index (χ4v) is 2.07. The minimum atomic E-state index is -0.159. The lowest BCUT2D eigenvalue weighted by Crippen LogP contribution is -2.29. The van der Waals surface area contributed by atoms with E-state index in [1.165, 1.54) is 6.33 Å². The van der Waals surface area contributed by atoms with Gasteiger partial charge in [-0.25, -0.2) is 9.67 Å². The molecule has 0 saturated heterocycles. The third kappa shape index (κ3) is 4.34. The van der Waals surface area contributed by atoms with Crippen LogP contribution in [0.25, 0.3) is 0 Å². The van der Waals surface area contributed by atoms with Gasteiger partial charge in [0.25, 0.3) is 0 Å². The molecule has 0 radical (unpaired) electrons. The van der Waals surface area contributed by atoms with E-state index in [0.29, 0.717) is 12.8 Å². The molecule has 2 heterocycles. The molecule has 0 fully saturated rings. The summed E-state index contributed by atoms with van der Waals surface area (Å²) in [6.07, 6.45) is 8.37. The van der Waals surface area contributed by atoms with Gasteiger partial charge in [0.1, 0.15) is 12.2 Å². The third-order valence-corrected chi connectivity index (χ3v) is 3.07. The zero-order valence-corrected chi connectivity index (χ0v) is 12.4. The van der Waals surface area contributed by atoms with Crippen molar-refractivity contribution >= 4 is 5.91 Å². The van der Waals surface area contributed by atoms with Gasteiger partial charge in [-0.15, -0.1) is 0 Å². The summed E-state index contributed by atoms with van der Waals surface area (Å²) in [5, 5.41) is 7.10. The van der Waals surface area contributed by atoms with E-state index < -0.39 is 0 Å². The molecule has 2 aromatic heterocycles. The second kappa shape index (κ2) is 7.47. The number of hydrogen-bond acceptors (Lipinski definition) is 5. The molecule has 1 amide bonds. The molecule has 112 valence electrons. The highest BCUT2D eigenvalue weighted by Gasteiger charge is 2.15. The molecular weight excluding hydrogens is 268 g/mol. The molecule has 0 aliphatic heterocycles. The van der Waals surface area contributed by atoms with Crippen LogP contribution in [0.5, 0.6) is 0 Å². The van der Waals surface area contributed by atoms with Crippen LogP contribution in [0.1, 0.15) is 44.2 Å². The SMILES string of the molecule is CCCn1ncnc1C(C)NC(=O)CCc1cnccn1. The van der Waals surface area contributed by atoms with Gasteiger partial charge in [-0.3, -0.25) is 14.8 Å². The minimum absolute atomic E-state index is 0.0285. The minimum Gasteiger partial charge on any atom is -0.346 e. The zero-order valence-electron chi connectivity index (χ0n) is 12.4. The molecule has 1 atom stereocenters. The van der Waals surface area contributed by atoms with E-state index in [1.807, 2.05) is 11.6 Å². The molecule has 0 aliphatic rings. The van der Waals surface area contributed by atoms with Crippen molar-refractivity contribution in [3.63, 3.8) is 0 Å². The molecule has 0 saturated carbocycles. The molecule has 2 rings (SSSR count). The molecule has 21 heavy (non-hydrogen) atoms. The average Bonchev–Trinajstić information content (AvgIpc) is 2.95. The van der Waals surface area contributed by atoms with Gasteiger partial charge in [-0.1, -0.05) is 6.92 Å². The van der Waals surface area contributed by atoms with E-state index in [9.17, 15) is 4.79 Å². The van der Waals surface area contributed by atoms with Crippen LogP contribution >= 0.6 is 0 Å². The summed E-state index contributed by atoms with van der Waals surface area (Å²) in [4.78, 5) is 24.3. The van der Waals surface area contributed by atoms with Crippen LogP contribution in [0.3, 0.4) is 0 Å². The van der Waals surface area contributed by atoms with Crippen molar-refractivity contribution in [3.05, 3.63) is 36.4 Å². The Labute approximate surface area is 123 Å². The second-order valence-corrected chi connectivity index (χ2v) is 4.83. The van der Waals surface area contributed by atoms with E-state index in [1.54, 1.807) is 18.6 Å². The Hall–Kier alpha value is -2.31. The number of carbonyl (C=O) groups is 1. The van der Waals surface area contributed by atoms with Crippen molar-refractivity contribution in [1.82, 2.24) is 30.0 Å². The highest BCUT2D eigenvalue weighted by atomic mass is 16.1. The summed E-state index contributed by atoms with van der Waals surface area (Å²) in [5.74, 6) is 0.754. The number of nitrogens with one attached hydrogen (secondary N) is 1. The molecule has 1 N–H and O–H groups in total. The molecule has 0 spiro atoms. The highest BCUT2D eigenvalue weighted by molar-refractivity contribution is 5.76. The predicted octanol–water partition coefficient (Wildman–Crippen LogP) is 1.29. The summed E-state index contributed by atoms with van der Waals surface area (Å²) >= 11 is 0. The predicted molar refractivity (Wildman–Crippen MR) is 77.2 cm³/mol. The largest absolute Gasteiger partial charge is 0.346 e. The van der Waals surface area contributed by atoms with Crippen molar-refractivity contribution in [2.45, 2.75) is 45.7 Å². The van der Waals surface area contributed by atoms with Crippen LogP contribution in [-0.4, -0.2) is 30.6 Å². The Morgan fingerprint density at radius 2 is 2.24 bits per heavy atom. The summed E-state index contributed by atoms with van der Waals surface area (Å²) in [7, 11) is 0. The van der Waals surface area contributed by atoms with Crippen LogP contribution < -0.4 is 5.32 Å².